The maximum Gasteiger partial charge on any atom is 0.230 e. The first kappa shape index (κ1) is 17.1. The number of benzene rings is 1. The summed E-state index contributed by atoms with van der Waals surface area (Å²) in [5.41, 5.74) is 1.07. The number of carbonyl (C=O) groups excluding carboxylic acids is 1. The number of carbonyl (C=O) groups is 1. The SMILES string of the molecule is CC(NC(=O)CSC(C)(C)C)C(O)Cc1ccccc1. The lowest BCUT2D eigenvalue weighted by atomic mass is 10.0. The number of hydrogen-bond acceptors (Lipinski definition) is 3. The van der Waals surface area contributed by atoms with Crippen molar-refractivity contribution in [2.24, 2.45) is 0 Å². The van der Waals surface area contributed by atoms with Crippen molar-refractivity contribution in [3.8, 4) is 0 Å². The Morgan fingerprint density at radius 1 is 1.30 bits per heavy atom. The van der Waals surface area contributed by atoms with Gasteiger partial charge in [-0.3, -0.25) is 4.79 Å². The fourth-order valence-electron chi connectivity index (χ4n) is 1.71. The quantitative estimate of drug-likeness (QED) is 0.848. The van der Waals surface area contributed by atoms with Crippen LogP contribution in [0.3, 0.4) is 0 Å². The minimum absolute atomic E-state index is 0.0236. The van der Waals surface area contributed by atoms with Crippen molar-refractivity contribution >= 4 is 17.7 Å². The molecule has 112 valence electrons. The fraction of sp³-hybridized carbons (Fsp3) is 0.562. The Hall–Kier alpha value is -1.00. The van der Waals surface area contributed by atoms with E-state index in [4.69, 9.17) is 0 Å². The summed E-state index contributed by atoms with van der Waals surface area (Å²) in [5.74, 6) is 0.399. The summed E-state index contributed by atoms with van der Waals surface area (Å²) in [7, 11) is 0. The van der Waals surface area contributed by atoms with E-state index in [2.05, 4.69) is 26.1 Å². The molecule has 0 fully saturated rings. The van der Waals surface area contributed by atoms with E-state index in [9.17, 15) is 9.90 Å². The topological polar surface area (TPSA) is 49.3 Å². The van der Waals surface area contributed by atoms with Crippen LogP contribution in [0.15, 0.2) is 30.3 Å². The van der Waals surface area contributed by atoms with Crippen molar-refractivity contribution in [3.05, 3.63) is 35.9 Å². The normalized spacial score (nSPS) is 14.7. The largest absolute Gasteiger partial charge is 0.391 e. The molecule has 0 aromatic heterocycles. The van der Waals surface area contributed by atoms with E-state index in [0.29, 0.717) is 12.2 Å². The van der Waals surface area contributed by atoms with E-state index in [0.717, 1.165) is 5.56 Å². The number of amides is 1. The van der Waals surface area contributed by atoms with Crippen molar-refractivity contribution < 1.29 is 9.90 Å². The first-order chi connectivity index (χ1) is 9.28. The van der Waals surface area contributed by atoms with Crippen LogP contribution in [-0.4, -0.2) is 33.7 Å². The Kier molecular flexibility index (Phi) is 6.56. The molecule has 0 aliphatic heterocycles. The molecule has 20 heavy (non-hydrogen) atoms. The zero-order valence-corrected chi connectivity index (χ0v) is 13.5. The zero-order valence-electron chi connectivity index (χ0n) is 12.7. The van der Waals surface area contributed by atoms with Gasteiger partial charge in [0.15, 0.2) is 0 Å². The van der Waals surface area contributed by atoms with Crippen LogP contribution in [0.1, 0.15) is 33.3 Å². The average Bonchev–Trinajstić information content (AvgIpc) is 2.36. The Balaban J connectivity index is 2.38. The van der Waals surface area contributed by atoms with E-state index in [1.165, 1.54) is 0 Å². The predicted molar refractivity (Wildman–Crippen MR) is 86.0 cm³/mol. The molecule has 3 nitrogen and oxygen atoms in total. The number of hydrogen-bond donors (Lipinski definition) is 2. The molecule has 1 rings (SSSR count). The van der Waals surface area contributed by atoms with Crippen LogP contribution >= 0.6 is 11.8 Å². The molecule has 2 unspecified atom stereocenters. The highest BCUT2D eigenvalue weighted by molar-refractivity contribution is 8.01. The fourth-order valence-corrected chi connectivity index (χ4v) is 2.35. The third kappa shape index (κ3) is 6.96. The number of aliphatic hydroxyl groups excluding tert-OH is 1. The molecular formula is C16H25NO2S. The van der Waals surface area contributed by atoms with Crippen molar-refractivity contribution in [1.29, 1.82) is 0 Å². The van der Waals surface area contributed by atoms with Gasteiger partial charge >= 0.3 is 0 Å². The lowest BCUT2D eigenvalue weighted by Crippen LogP contribution is -2.43. The van der Waals surface area contributed by atoms with Gasteiger partial charge in [-0.1, -0.05) is 51.1 Å². The van der Waals surface area contributed by atoms with Gasteiger partial charge in [0.2, 0.25) is 5.91 Å². The Morgan fingerprint density at radius 2 is 1.90 bits per heavy atom. The van der Waals surface area contributed by atoms with Gasteiger partial charge in [-0.15, -0.1) is 11.8 Å². The molecule has 0 saturated heterocycles. The summed E-state index contributed by atoms with van der Waals surface area (Å²) in [6.07, 6.45) is -0.0182. The predicted octanol–water partition coefficient (Wildman–Crippen LogP) is 2.63. The number of aliphatic hydroxyl groups is 1. The molecule has 2 N–H and O–H groups in total. The minimum atomic E-state index is -0.569. The second-order valence-corrected chi connectivity index (χ2v) is 7.82. The summed E-state index contributed by atoms with van der Waals surface area (Å²) in [4.78, 5) is 11.8. The first-order valence-electron chi connectivity index (χ1n) is 6.93. The molecule has 1 aromatic carbocycles. The maximum atomic E-state index is 11.8. The summed E-state index contributed by atoms with van der Waals surface area (Å²) in [6, 6.07) is 9.56. The number of rotatable bonds is 6. The molecule has 0 heterocycles. The molecule has 2 atom stereocenters. The van der Waals surface area contributed by atoms with Crippen LogP contribution < -0.4 is 5.32 Å². The van der Waals surface area contributed by atoms with Gasteiger partial charge in [-0.05, 0) is 12.5 Å². The molecule has 4 heteroatoms. The van der Waals surface area contributed by atoms with Gasteiger partial charge in [-0.25, -0.2) is 0 Å². The van der Waals surface area contributed by atoms with E-state index >= 15 is 0 Å². The molecule has 1 aromatic rings. The Labute approximate surface area is 126 Å². The molecule has 1 amide bonds. The van der Waals surface area contributed by atoms with Gasteiger partial charge in [0, 0.05) is 11.2 Å². The monoisotopic (exact) mass is 295 g/mol. The van der Waals surface area contributed by atoms with Crippen molar-refractivity contribution in [2.75, 3.05) is 5.75 Å². The van der Waals surface area contributed by atoms with Crippen LogP contribution in [0.2, 0.25) is 0 Å². The van der Waals surface area contributed by atoms with Crippen LogP contribution in [0.25, 0.3) is 0 Å². The molecular weight excluding hydrogens is 270 g/mol. The standard InChI is InChI=1S/C16H25NO2S/c1-12(17-15(19)11-20-16(2,3)4)14(18)10-13-8-6-5-7-9-13/h5-9,12,14,18H,10-11H2,1-4H3,(H,17,19). The van der Waals surface area contributed by atoms with Crippen LogP contribution in [0, 0.1) is 0 Å². The Bertz CT molecular complexity index is 414. The molecule has 0 aliphatic carbocycles. The van der Waals surface area contributed by atoms with E-state index in [-0.39, 0.29) is 16.7 Å². The van der Waals surface area contributed by atoms with Crippen molar-refractivity contribution in [1.82, 2.24) is 5.32 Å². The summed E-state index contributed by atoms with van der Waals surface area (Å²) < 4.78 is 0.0727. The number of nitrogens with one attached hydrogen (secondary N) is 1. The molecule has 0 spiro atoms. The molecule has 0 saturated carbocycles. The Morgan fingerprint density at radius 3 is 2.45 bits per heavy atom. The third-order valence-corrected chi connectivity index (χ3v) is 4.16. The average molecular weight is 295 g/mol. The summed E-state index contributed by atoms with van der Waals surface area (Å²) >= 11 is 1.61. The maximum absolute atomic E-state index is 11.8. The van der Waals surface area contributed by atoms with E-state index in [1.807, 2.05) is 37.3 Å². The highest BCUT2D eigenvalue weighted by Crippen LogP contribution is 2.22. The van der Waals surface area contributed by atoms with E-state index < -0.39 is 6.10 Å². The lowest BCUT2D eigenvalue weighted by Gasteiger charge is -2.22. The van der Waals surface area contributed by atoms with Crippen LogP contribution in [-0.2, 0) is 11.2 Å². The number of thioether (sulfide) groups is 1. The lowest BCUT2D eigenvalue weighted by molar-refractivity contribution is -0.119. The highest BCUT2D eigenvalue weighted by atomic mass is 32.2. The summed E-state index contributed by atoms with van der Waals surface area (Å²) in [5, 5.41) is 13.0. The second-order valence-electron chi connectivity index (χ2n) is 6.01. The van der Waals surface area contributed by atoms with Crippen molar-refractivity contribution in [3.63, 3.8) is 0 Å². The van der Waals surface area contributed by atoms with Gasteiger partial charge in [0.1, 0.15) is 0 Å². The van der Waals surface area contributed by atoms with Crippen molar-refractivity contribution in [2.45, 2.75) is 51.0 Å². The van der Waals surface area contributed by atoms with Crippen LogP contribution in [0.5, 0.6) is 0 Å². The highest BCUT2D eigenvalue weighted by Gasteiger charge is 2.19. The minimum Gasteiger partial charge on any atom is -0.391 e. The van der Waals surface area contributed by atoms with Crippen LogP contribution in [0.4, 0.5) is 0 Å². The molecule has 0 bridgehead atoms. The van der Waals surface area contributed by atoms with Gasteiger partial charge < -0.3 is 10.4 Å². The first-order valence-corrected chi connectivity index (χ1v) is 7.92. The third-order valence-electron chi connectivity index (χ3n) is 2.89. The van der Waals surface area contributed by atoms with Gasteiger partial charge in [-0.2, -0.15) is 0 Å². The van der Waals surface area contributed by atoms with E-state index in [1.54, 1.807) is 11.8 Å². The smallest absolute Gasteiger partial charge is 0.230 e. The second kappa shape index (κ2) is 7.70. The molecule has 0 aliphatic rings. The summed E-state index contributed by atoms with van der Waals surface area (Å²) in [6.45, 7) is 8.09. The van der Waals surface area contributed by atoms with Gasteiger partial charge in [0.25, 0.3) is 0 Å². The molecule has 0 radical (unpaired) electrons. The zero-order chi connectivity index (χ0) is 15.2. The van der Waals surface area contributed by atoms with Gasteiger partial charge in [0.05, 0.1) is 17.9 Å².